The SMILES string of the molecule is Nc1ccc(CCCCOc2ccc(N)cc2)cc1. The maximum atomic E-state index is 5.65. The van der Waals surface area contributed by atoms with Crippen molar-refractivity contribution in [2.24, 2.45) is 0 Å². The molecule has 2 aromatic rings. The Hall–Kier alpha value is -2.16. The monoisotopic (exact) mass is 256 g/mol. The van der Waals surface area contributed by atoms with Gasteiger partial charge in [0, 0.05) is 11.4 Å². The molecule has 0 aliphatic carbocycles. The van der Waals surface area contributed by atoms with E-state index in [9.17, 15) is 0 Å². The van der Waals surface area contributed by atoms with E-state index in [1.165, 1.54) is 5.56 Å². The number of nitrogen functional groups attached to an aromatic ring is 2. The third kappa shape index (κ3) is 4.54. The van der Waals surface area contributed by atoms with E-state index in [1.54, 1.807) is 0 Å². The predicted octanol–water partition coefficient (Wildman–Crippen LogP) is 3.25. The summed E-state index contributed by atoms with van der Waals surface area (Å²) in [4.78, 5) is 0. The Morgan fingerprint density at radius 1 is 0.737 bits per heavy atom. The zero-order valence-corrected chi connectivity index (χ0v) is 11.0. The highest BCUT2D eigenvalue weighted by molar-refractivity contribution is 5.41. The third-order valence-electron chi connectivity index (χ3n) is 2.99. The fourth-order valence-corrected chi connectivity index (χ4v) is 1.87. The van der Waals surface area contributed by atoms with Crippen molar-refractivity contribution >= 4 is 11.4 Å². The van der Waals surface area contributed by atoms with E-state index in [-0.39, 0.29) is 0 Å². The second-order valence-corrected chi connectivity index (χ2v) is 4.62. The average molecular weight is 256 g/mol. The van der Waals surface area contributed by atoms with Gasteiger partial charge in [0.2, 0.25) is 0 Å². The van der Waals surface area contributed by atoms with Crippen LogP contribution in [0.4, 0.5) is 11.4 Å². The Labute approximate surface area is 114 Å². The van der Waals surface area contributed by atoms with Crippen molar-refractivity contribution < 1.29 is 4.74 Å². The van der Waals surface area contributed by atoms with Crippen molar-refractivity contribution in [3.8, 4) is 5.75 Å². The van der Waals surface area contributed by atoms with Gasteiger partial charge in [-0.3, -0.25) is 0 Å². The first-order valence-corrected chi connectivity index (χ1v) is 6.57. The fourth-order valence-electron chi connectivity index (χ4n) is 1.87. The highest BCUT2D eigenvalue weighted by Crippen LogP contribution is 2.14. The molecule has 0 heterocycles. The van der Waals surface area contributed by atoms with Gasteiger partial charge in [0.1, 0.15) is 5.75 Å². The second kappa shape index (κ2) is 6.69. The van der Waals surface area contributed by atoms with Gasteiger partial charge in [0.15, 0.2) is 0 Å². The summed E-state index contributed by atoms with van der Waals surface area (Å²) in [5.41, 5.74) is 14.2. The van der Waals surface area contributed by atoms with Crippen LogP contribution in [-0.2, 0) is 6.42 Å². The van der Waals surface area contributed by atoms with E-state index >= 15 is 0 Å². The molecule has 100 valence electrons. The molecule has 0 atom stereocenters. The Morgan fingerprint density at radius 3 is 1.95 bits per heavy atom. The number of hydrogen-bond acceptors (Lipinski definition) is 3. The minimum absolute atomic E-state index is 0.735. The first-order chi connectivity index (χ1) is 9.24. The van der Waals surface area contributed by atoms with Gasteiger partial charge in [0.05, 0.1) is 6.61 Å². The molecule has 0 bridgehead atoms. The number of aryl methyl sites for hydroxylation is 1. The number of ether oxygens (including phenoxy) is 1. The number of nitrogens with two attached hydrogens (primary N) is 2. The van der Waals surface area contributed by atoms with Gasteiger partial charge >= 0.3 is 0 Å². The summed E-state index contributed by atoms with van der Waals surface area (Å²) in [6.45, 7) is 0.735. The maximum Gasteiger partial charge on any atom is 0.119 e. The molecule has 0 unspecified atom stereocenters. The van der Waals surface area contributed by atoms with E-state index < -0.39 is 0 Å². The minimum Gasteiger partial charge on any atom is -0.494 e. The number of benzene rings is 2. The molecule has 0 aliphatic heterocycles. The lowest BCUT2D eigenvalue weighted by atomic mass is 10.1. The maximum absolute atomic E-state index is 5.65. The molecule has 4 N–H and O–H groups in total. The molecule has 0 saturated heterocycles. The number of rotatable bonds is 6. The zero-order chi connectivity index (χ0) is 13.5. The molecular weight excluding hydrogens is 236 g/mol. The summed E-state index contributed by atoms with van der Waals surface area (Å²) >= 11 is 0. The molecule has 3 nitrogen and oxygen atoms in total. The Bertz CT molecular complexity index is 444. The number of unbranched alkanes of at least 4 members (excludes halogenated alkanes) is 1. The van der Waals surface area contributed by atoms with E-state index in [1.807, 2.05) is 36.4 Å². The van der Waals surface area contributed by atoms with Crippen LogP contribution < -0.4 is 16.2 Å². The lowest BCUT2D eigenvalue weighted by molar-refractivity contribution is 0.307. The molecule has 0 amide bonds. The van der Waals surface area contributed by atoms with Crippen LogP contribution in [0.15, 0.2) is 48.5 Å². The van der Waals surface area contributed by atoms with Crippen LogP contribution in [0, 0.1) is 0 Å². The average Bonchev–Trinajstić information content (AvgIpc) is 2.43. The molecule has 2 aromatic carbocycles. The molecule has 0 aromatic heterocycles. The lowest BCUT2D eigenvalue weighted by Crippen LogP contribution is -1.98. The van der Waals surface area contributed by atoms with Crippen molar-refractivity contribution in [2.45, 2.75) is 19.3 Å². The van der Waals surface area contributed by atoms with Gasteiger partial charge in [-0.2, -0.15) is 0 Å². The minimum atomic E-state index is 0.735. The van der Waals surface area contributed by atoms with Crippen molar-refractivity contribution in [1.82, 2.24) is 0 Å². The standard InChI is InChI=1S/C16H20N2O/c17-14-6-4-13(5-7-14)3-1-2-12-19-16-10-8-15(18)9-11-16/h4-11H,1-3,12,17-18H2. The largest absolute Gasteiger partial charge is 0.494 e. The summed E-state index contributed by atoms with van der Waals surface area (Å²) in [5.74, 6) is 0.877. The zero-order valence-electron chi connectivity index (χ0n) is 11.0. The molecule has 0 saturated carbocycles. The summed E-state index contributed by atoms with van der Waals surface area (Å²) in [6.07, 6.45) is 3.21. The normalized spacial score (nSPS) is 10.3. The van der Waals surface area contributed by atoms with E-state index in [2.05, 4.69) is 12.1 Å². The summed E-state index contributed by atoms with van der Waals surface area (Å²) in [5, 5.41) is 0. The third-order valence-corrected chi connectivity index (χ3v) is 2.99. The van der Waals surface area contributed by atoms with Crippen LogP contribution in [0.2, 0.25) is 0 Å². The van der Waals surface area contributed by atoms with E-state index in [4.69, 9.17) is 16.2 Å². The first kappa shape index (κ1) is 13.3. The highest BCUT2D eigenvalue weighted by Gasteiger charge is 1.96. The second-order valence-electron chi connectivity index (χ2n) is 4.62. The van der Waals surface area contributed by atoms with E-state index in [0.29, 0.717) is 0 Å². The highest BCUT2D eigenvalue weighted by atomic mass is 16.5. The smallest absolute Gasteiger partial charge is 0.119 e. The van der Waals surface area contributed by atoms with Crippen LogP contribution in [0.1, 0.15) is 18.4 Å². The van der Waals surface area contributed by atoms with Crippen LogP contribution >= 0.6 is 0 Å². The molecule has 2 rings (SSSR count). The number of anilines is 2. The van der Waals surface area contributed by atoms with Gasteiger partial charge in [-0.25, -0.2) is 0 Å². The molecule has 0 fully saturated rings. The Balaban J connectivity index is 1.64. The molecule has 0 aliphatic rings. The summed E-state index contributed by atoms with van der Waals surface area (Å²) < 4.78 is 5.64. The Kier molecular flexibility index (Phi) is 4.67. The molecule has 0 radical (unpaired) electrons. The number of hydrogen-bond donors (Lipinski definition) is 2. The van der Waals surface area contributed by atoms with Crippen molar-refractivity contribution in [3.05, 3.63) is 54.1 Å². The molecule has 0 spiro atoms. The topological polar surface area (TPSA) is 61.3 Å². The molecule has 3 heteroatoms. The van der Waals surface area contributed by atoms with Crippen LogP contribution in [0.25, 0.3) is 0 Å². The van der Waals surface area contributed by atoms with Crippen LogP contribution in [0.3, 0.4) is 0 Å². The van der Waals surface area contributed by atoms with Crippen LogP contribution in [-0.4, -0.2) is 6.61 Å². The summed E-state index contributed by atoms with van der Waals surface area (Å²) in [7, 11) is 0. The quantitative estimate of drug-likeness (QED) is 0.616. The van der Waals surface area contributed by atoms with Gasteiger partial charge in [0.25, 0.3) is 0 Å². The van der Waals surface area contributed by atoms with E-state index in [0.717, 1.165) is 43.0 Å². The molecular formula is C16H20N2O. The van der Waals surface area contributed by atoms with Crippen molar-refractivity contribution in [3.63, 3.8) is 0 Å². The van der Waals surface area contributed by atoms with Gasteiger partial charge in [-0.1, -0.05) is 12.1 Å². The molecule has 19 heavy (non-hydrogen) atoms. The summed E-state index contributed by atoms with van der Waals surface area (Å²) in [6, 6.07) is 15.5. The van der Waals surface area contributed by atoms with Gasteiger partial charge < -0.3 is 16.2 Å². The Morgan fingerprint density at radius 2 is 1.32 bits per heavy atom. The first-order valence-electron chi connectivity index (χ1n) is 6.57. The fraction of sp³-hybridized carbons (Fsp3) is 0.250. The van der Waals surface area contributed by atoms with Gasteiger partial charge in [-0.15, -0.1) is 0 Å². The van der Waals surface area contributed by atoms with Crippen LogP contribution in [0.5, 0.6) is 5.75 Å². The van der Waals surface area contributed by atoms with Crippen molar-refractivity contribution in [2.75, 3.05) is 18.1 Å². The van der Waals surface area contributed by atoms with Crippen molar-refractivity contribution in [1.29, 1.82) is 0 Å². The predicted molar refractivity (Wildman–Crippen MR) is 80.1 cm³/mol. The lowest BCUT2D eigenvalue weighted by Gasteiger charge is -2.06. The van der Waals surface area contributed by atoms with Gasteiger partial charge in [-0.05, 0) is 61.2 Å².